The molecule has 0 saturated heterocycles. The molecule has 8 rings (SSSR count). The number of hydrogen-bond donors (Lipinski definition) is 7. The molecule has 24 nitrogen and oxygen atoms in total. The average molecular weight is 1020 g/mol. The second-order valence-corrected chi connectivity index (χ2v) is 17.7. The molecule has 0 fully saturated rings. The lowest BCUT2D eigenvalue weighted by Gasteiger charge is -2.37. The number of phosphoric ester groups is 1. The third-order valence-corrected chi connectivity index (χ3v) is 10.7. The maximum Gasteiger partial charge on any atom is 0.471 e. The highest BCUT2D eigenvalue weighted by Crippen LogP contribution is 2.42. The molecule has 72 heavy (non-hydrogen) atoms. The normalized spacial score (nSPS) is 14.6. The number of nitrogens with one attached hydrogen (secondary N) is 5. The van der Waals surface area contributed by atoms with Crippen LogP contribution in [0.1, 0.15) is 41.6 Å². The van der Waals surface area contributed by atoms with Gasteiger partial charge in [0.15, 0.2) is 80.6 Å². The van der Waals surface area contributed by atoms with Gasteiger partial charge in [0.1, 0.15) is 18.4 Å². The molecule has 0 spiro atoms. The molecular weight excluding hydrogens is 970 g/mol. The van der Waals surface area contributed by atoms with Crippen LogP contribution < -0.4 is 59.9 Å². The molecule has 4 aromatic heterocycles. The molecule has 2 amide bonds. The summed E-state index contributed by atoms with van der Waals surface area (Å²) in [5.74, 6) is -1.16. The Morgan fingerprint density at radius 3 is 1.68 bits per heavy atom. The monoisotopic (exact) mass is 1020 g/mol. The maximum atomic E-state index is 14.9. The molecule has 6 heterocycles. The second kappa shape index (κ2) is 20.6. The van der Waals surface area contributed by atoms with Crippen LogP contribution >= 0.6 is 7.82 Å². The van der Waals surface area contributed by atoms with E-state index < -0.39 is 61.5 Å². The van der Waals surface area contributed by atoms with Crippen molar-refractivity contribution in [2.45, 2.75) is 52.7 Å². The van der Waals surface area contributed by atoms with Crippen molar-refractivity contribution in [2.75, 3.05) is 66.7 Å². The van der Waals surface area contributed by atoms with Crippen LogP contribution in [0.15, 0.2) is 60.9 Å². The minimum atomic E-state index is -4.93. The predicted octanol–water partition coefficient (Wildman–Crippen LogP) is 7.33. The number of phosphoric acid groups is 1. The molecule has 27 heteroatoms. The predicted molar refractivity (Wildman–Crippen MR) is 258 cm³/mol. The molecule has 2 aromatic carbocycles. The van der Waals surface area contributed by atoms with Crippen molar-refractivity contribution < 1.29 is 68.4 Å². The molecule has 0 unspecified atom stereocenters. The van der Waals surface area contributed by atoms with Crippen molar-refractivity contribution in [1.82, 2.24) is 29.9 Å². The Morgan fingerprint density at radius 1 is 0.708 bits per heavy atom. The number of amides is 2. The highest BCUT2D eigenvalue weighted by Gasteiger charge is 2.43. The summed E-state index contributed by atoms with van der Waals surface area (Å²) in [5, 5.41) is 13.9. The summed E-state index contributed by atoms with van der Waals surface area (Å²) < 4.78 is 93.8. The van der Waals surface area contributed by atoms with E-state index in [0.29, 0.717) is 40.1 Å². The summed E-state index contributed by atoms with van der Waals surface area (Å²) in [6, 6.07) is 12.8. The van der Waals surface area contributed by atoms with E-state index in [4.69, 9.17) is 40.9 Å². The van der Waals surface area contributed by atoms with Crippen LogP contribution in [0.3, 0.4) is 0 Å². The number of nitrogens with zero attached hydrogens (tertiary/aromatic N) is 7. The number of halogens is 2. The first kappa shape index (κ1) is 48.8. The maximum absolute atomic E-state index is 14.9. The quantitative estimate of drug-likeness (QED) is 0.0495. The highest BCUT2D eigenvalue weighted by atomic mass is 31.2. The Bertz CT molecular complexity index is 3230. The molecule has 6 aromatic rings. The van der Waals surface area contributed by atoms with E-state index in [0.717, 1.165) is 16.0 Å². The van der Waals surface area contributed by atoms with Gasteiger partial charge in [-0.1, -0.05) is 0 Å². The van der Waals surface area contributed by atoms with E-state index in [1.807, 2.05) is 6.92 Å². The van der Waals surface area contributed by atoms with Gasteiger partial charge in [0.2, 0.25) is 11.9 Å². The fourth-order valence-corrected chi connectivity index (χ4v) is 7.21. The lowest BCUT2D eigenvalue weighted by atomic mass is 10.1. The van der Waals surface area contributed by atoms with E-state index in [-0.39, 0.29) is 52.6 Å². The fourth-order valence-electron chi connectivity index (χ4n) is 6.94. The molecule has 2 aliphatic heterocycles. The number of aryl methyl sites for hydroxylation is 2. The van der Waals surface area contributed by atoms with Crippen LogP contribution in [0.25, 0.3) is 0 Å². The molecule has 380 valence electrons. The highest BCUT2D eigenvalue weighted by molar-refractivity contribution is 7.46. The van der Waals surface area contributed by atoms with Crippen LogP contribution in [-0.2, 0) is 18.7 Å². The van der Waals surface area contributed by atoms with Crippen LogP contribution in [0.4, 0.5) is 67.0 Å². The number of anilines is 10. The topological polar surface area (TPSA) is 297 Å². The summed E-state index contributed by atoms with van der Waals surface area (Å²) in [4.78, 5) is 68.6. The summed E-state index contributed by atoms with van der Waals surface area (Å²) >= 11 is 0. The minimum absolute atomic E-state index is 0.0168. The number of aromatic nitrogens is 6. The summed E-state index contributed by atoms with van der Waals surface area (Å²) in [6.07, 6.45) is -1.33. The standard InChI is InChI=1S/C23H26FN6O8P.C22H23FN6O4/c1-12-8-13(9-16(35-4)18(12)36-5)26-22-25-10-14(24)19(29-22)27-17-7-6-15-20(28-17)30(11-37-39(32,33)34)21(31)23(2,3)38-15;1-11-8-12(9-15(31-4)17(11)32-5)25-21-24-10-13(23)18(29-21)26-16-7-6-14-19(27-16)28-20(30)22(2,3)33-14/h6-10H,11H2,1-5H3,(H2,32,33,34)(H2,25,26,27,28,29);6-10H,1-5H3,(H3,24,25,26,27,28,29,30)/i2*10D. The fraction of sp³-hybridized carbons (Fsp3) is 0.289. The van der Waals surface area contributed by atoms with E-state index in [1.54, 1.807) is 64.3 Å². The number of rotatable bonds is 15. The first-order valence-corrected chi connectivity index (χ1v) is 22.7. The summed E-state index contributed by atoms with van der Waals surface area (Å²) in [5.41, 5.74) is 0.151. The molecule has 0 atom stereocenters. The molecule has 7 N–H and O–H groups in total. The number of methoxy groups -OCH3 is 4. The van der Waals surface area contributed by atoms with Gasteiger partial charge in [-0.25, -0.2) is 33.3 Å². The van der Waals surface area contributed by atoms with Gasteiger partial charge in [0.25, 0.3) is 11.8 Å². The van der Waals surface area contributed by atoms with Gasteiger partial charge in [-0.15, -0.1) is 0 Å². The van der Waals surface area contributed by atoms with Crippen LogP contribution in [0.5, 0.6) is 34.5 Å². The van der Waals surface area contributed by atoms with E-state index >= 15 is 0 Å². The van der Waals surface area contributed by atoms with Gasteiger partial charge < -0.3 is 64.8 Å². The van der Waals surface area contributed by atoms with Crippen LogP contribution in [0, 0.1) is 25.5 Å². The van der Waals surface area contributed by atoms with E-state index in [9.17, 15) is 22.9 Å². The summed E-state index contributed by atoms with van der Waals surface area (Å²) in [7, 11) is 1.11. The Balaban J connectivity index is 0.000000219. The molecule has 0 aliphatic carbocycles. The summed E-state index contributed by atoms with van der Waals surface area (Å²) in [6.45, 7) is 9.02. The van der Waals surface area contributed by atoms with Crippen molar-refractivity contribution in [1.29, 1.82) is 0 Å². The van der Waals surface area contributed by atoms with Crippen molar-refractivity contribution in [3.8, 4) is 34.5 Å². The van der Waals surface area contributed by atoms with Gasteiger partial charge >= 0.3 is 7.82 Å². The number of hydrogen-bond acceptors (Lipinski definition) is 20. The molecule has 2 aliphatic rings. The van der Waals surface area contributed by atoms with E-state index in [2.05, 4.69) is 61.0 Å². The van der Waals surface area contributed by atoms with Gasteiger partial charge in [0, 0.05) is 23.5 Å². The minimum Gasteiger partial charge on any atom is -0.493 e. The number of fused-ring (bicyclic) bond motifs is 2. The number of pyridine rings is 2. The Labute approximate surface area is 412 Å². The Hall–Kier alpha value is -8.19. The van der Waals surface area contributed by atoms with E-state index in [1.165, 1.54) is 47.3 Å². The second-order valence-electron chi connectivity index (χ2n) is 16.4. The largest absolute Gasteiger partial charge is 0.493 e. The lowest BCUT2D eigenvalue weighted by molar-refractivity contribution is -0.133. The van der Waals surface area contributed by atoms with Gasteiger partial charge in [-0.05, 0) is 89.1 Å². The number of ether oxygens (including phenoxy) is 6. The van der Waals surface area contributed by atoms with Crippen LogP contribution in [-0.4, -0.2) is 97.9 Å². The first-order valence-electron chi connectivity index (χ1n) is 22.2. The zero-order chi connectivity index (χ0) is 54.0. The number of carbonyl (C=O) groups is 2. The van der Waals surface area contributed by atoms with Gasteiger partial charge in [0.05, 0.1) is 43.5 Å². The number of carbonyl (C=O) groups excluding carboxylic acids is 2. The lowest BCUT2D eigenvalue weighted by Crippen LogP contribution is -2.53. The van der Waals surface area contributed by atoms with Gasteiger partial charge in [-0.2, -0.15) is 9.97 Å². The molecular formula is C45H49F2N12O12P. The zero-order valence-electron chi connectivity index (χ0n) is 42.1. The van der Waals surface area contributed by atoms with Gasteiger partial charge in [-0.3, -0.25) is 19.0 Å². The Morgan fingerprint density at radius 2 is 1.19 bits per heavy atom. The Kier molecular flexibility index (Phi) is 14.0. The average Bonchev–Trinajstić information content (AvgIpc) is 3.32. The molecule has 0 saturated carbocycles. The van der Waals surface area contributed by atoms with Crippen molar-refractivity contribution in [3.63, 3.8) is 0 Å². The first-order chi connectivity index (χ1) is 34.8. The third-order valence-electron chi connectivity index (χ3n) is 10.3. The number of benzene rings is 2. The molecule has 0 radical (unpaired) electrons. The third kappa shape index (κ3) is 11.7. The SMILES string of the molecule is [2H]c1nc(Nc2cc(C)c(OC)c(OC)c2)nc(Nc2ccc3c(n2)N(COP(=O)(O)O)C(=O)C(C)(C)O3)c1F.[2H]c1nc(Nc2cc(C)c(OC)c(OC)c2)nc(Nc2ccc3c(n2)NC(=O)C(C)(C)O3)c1F. The zero-order valence-corrected chi connectivity index (χ0v) is 41.0. The molecule has 0 bridgehead atoms. The van der Waals surface area contributed by atoms with Crippen molar-refractivity contribution in [3.05, 3.63) is 83.6 Å². The smallest absolute Gasteiger partial charge is 0.471 e. The van der Waals surface area contributed by atoms with Crippen molar-refractivity contribution >= 4 is 77.8 Å². The van der Waals surface area contributed by atoms with Crippen LogP contribution in [0.2, 0.25) is 0 Å². The van der Waals surface area contributed by atoms with Crippen molar-refractivity contribution in [2.24, 2.45) is 0 Å².